The molecule has 1 aliphatic rings. The molecule has 0 bridgehead atoms. The van der Waals surface area contributed by atoms with Crippen LogP contribution in [0.2, 0.25) is 0 Å². The molecule has 0 radical (unpaired) electrons. The van der Waals surface area contributed by atoms with Gasteiger partial charge in [0, 0.05) is 10.2 Å². The predicted molar refractivity (Wildman–Crippen MR) is 84.4 cm³/mol. The first-order chi connectivity index (χ1) is 9.65. The van der Waals surface area contributed by atoms with E-state index in [1.54, 1.807) is 0 Å². The summed E-state index contributed by atoms with van der Waals surface area (Å²) in [6.45, 7) is 2.08. The van der Waals surface area contributed by atoms with Crippen LogP contribution in [0.4, 0.5) is 10.1 Å². The van der Waals surface area contributed by atoms with Crippen LogP contribution in [0.5, 0.6) is 0 Å². The minimum Gasteiger partial charge on any atom is -0.377 e. The number of anilines is 1. The zero-order valence-electron chi connectivity index (χ0n) is 11.4. The molecule has 1 fully saturated rings. The first-order valence-electron chi connectivity index (χ1n) is 6.92. The van der Waals surface area contributed by atoms with Crippen molar-refractivity contribution in [3.63, 3.8) is 0 Å². The molecule has 104 valence electrons. The SMILES string of the molecule is Cc1cccc(NC(c2ccc(F)cc2)C2CC2)c1Br. The van der Waals surface area contributed by atoms with E-state index in [0.29, 0.717) is 5.92 Å². The Morgan fingerprint density at radius 2 is 1.85 bits per heavy atom. The number of aryl methyl sites for hydroxylation is 1. The van der Waals surface area contributed by atoms with Crippen LogP contribution in [0, 0.1) is 18.7 Å². The largest absolute Gasteiger partial charge is 0.377 e. The maximum Gasteiger partial charge on any atom is 0.123 e. The minimum atomic E-state index is -0.181. The molecule has 20 heavy (non-hydrogen) atoms. The van der Waals surface area contributed by atoms with Gasteiger partial charge in [-0.1, -0.05) is 24.3 Å². The lowest BCUT2D eigenvalue weighted by molar-refractivity contribution is 0.622. The normalized spacial score (nSPS) is 15.9. The fourth-order valence-corrected chi connectivity index (χ4v) is 2.88. The van der Waals surface area contributed by atoms with E-state index in [9.17, 15) is 4.39 Å². The molecule has 1 N–H and O–H groups in total. The van der Waals surface area contributed by atoms with Crippen LogP contribution in [0.1, 0.15) is 30.0 Å². The standard InChI is InChI=1S/C17H17BrFN/c1-11-3-2-4-15(16(11)18)20-17(12-5-6-12)13-7-9-14(19)10-8-13/h2-4,7-10,12,17,20H,5-6H2,1H3. The van der Waals surface area contributed by atoms with Crippen molar-refractivity contribution in [3.05, 3.63) is 63.9 Å². The van der Waals surface area contributed by atoms with E-state index >= 15 is 0 Å². The van der Waals surface area contributed by atoms with Gasteiger partial charge in [-0.25, -0.2) is 4.39 Å². The van der Waals surface area contributed by atoms with Gasteiger partial charge in [-0.2, -0.15) is 0 Å². The molecule has 0 heterocycles. The third-order valence-corrected chi connectivity index (χ3v) is 4.88. The highest BCUT2D eigenvalue weighted by molar-refractivity contribution is 9.10. The fraction of sp³-hybridized carbons (Fsp3) is 0.294. The molecule has 1 nitrogen and oxygen atoms in total. The van der Waals surface area contributed by atoms with Gasteiger partial charge in [0.15, 0.2) is 0 Å². The Bertz CT molecular complexity index is 605. The average molecular weight is 334 g/mol. The number of hydrogen-bond donors (Lipinski definition) is 1. The second kappa shape index (κ2) is 5.57. The molecule has 1 unspecified atom stereocenters. The van der Waals surface area contributed by atoms with Crippen molar-refractivity contribution >= 4 is 21.6 Å². The van der Waals surface area contributed by atoms with Crippen molar-refractivity contribution in [2.75, 3.05) is 5.32 Å². The molecule has 3 rings (SSSR count). The zero-order valence-corrected chi connectivity index (χ0v) is 13.0. The lowest BCUT2D eigenvalue weighted by Crippen LogP contribution is -2.13. The highest BCUT2D eigenvalue weighted by atomic mass is 79.9. The van der Waals surface area contributed by atoms with E-state index in [4.69, 9.17) is 0 Å². The maximum absolute atomic E-state index is 13.1. The molecule has 0 aromatic heterocycles. The zero-order chi connectivity index (χ0) is 14.1. The number of nitrogens with one attached hydrogen (secondary N) is 1. The van der Waals surface area contributed by atoms with Gasteiger partial charge >= 0.3 is 0 Å². The smallest absolute Gasteiger partial charge is 0.123 e. The molecule has 0 amide bonds. The van der Waals surface area contributed by atoms with Crippen LogP contribution in [0.15, 0.2) is 46.9 Å². The van der Waals surface area contributed by atoms with Crippen LogP contribution in [-0.2, 0) is 0 Å². The van der Waals surface area contributed by atoms with Crippen LogP contribution < -0.4 is 5.32 Å². The molecular weight excluding hydrogens is 317 g/mol. The summed E-state index contributed by atoms with van der Waals surface area (Å²) >= 11 is 3.64. The van der Waals surface area contributed by atoms with E-state index in [1.165, 1.54) is 30.5 Å². The van der Waals surface area contributed by atoms with Gasteiger partial charge in [-0.3, -0.25) is 0 Å². The van der Waals surface area contributed by atoms with Crippen molar-refractivity contribution in [3.8, 4) is 0 Å². The summed E-state index contributed by atoms with van der Waals surface area (Å²) in [5, 5.41) is 3.62. The van der Waals surface area contributed by atoms with Gasteiger partial charge in [0.25, 0.3) is 0 Å². The second-order valence-corrected chi connectivity index (χ2v) is 6.24. The summed E-state index contributed by atoms with van der Waals surface area (Å²) in [7, 11) is 0. The Morgan fingerprint density at radius 1 is 1.15 bits per heavy atom. The maximum atomic E-state index is 13.1. The molecule has 3 heteroatoms. The average Bonchev–Trinajstić information content (AvgIpc) is 3.26. The van der Waals surface area contributed by atoms with Gasteiger partial charge in [0.05, 0.1) is 6.04 Å². The molecule has 1 atom stereocenters. The summed E-state index contributed by atoms with van der Waals surface area (Å²) < 4.78 is 14.2. The van der Waals surface area contributed by atoms with Crippen molar-refractivity contribution in [2.45, 2.75) is 25.8 Å². The third-order valence-electron chi connectivity index (χ3n) is 3.83. The summed E-state index contributed by atoms with van der Waals surface area (Å²) in [5.74, 6) is 0.466. The van der Waals surface area contributed by atoms with Gasteiger partial charge in [-0.05, 0) is 70.9 Å². The molecule has 0 saturated heterocycles. The number of halogens is 2. The topological polar surface area (TPSA) is 12.0 Å². The lowest BCUT2D eigenvalue weighted by Gasteiger charge is -2.21. The Balaban J connectivity index is 1.88. The van der Waals surface area contributed by atoms with Crippen LogP contribution >= 0.6 is 15.9 Å². The van der Waals surface area contributed by atoms with Crippen LogP contribution in [-0.4, -0.2) is 0 Å². The van der Waals surface area contributed by atoms with Crippen molar-refractivity contribution in [1.29, 1.82) is 0 Å². The summed E-state index contributed by atoms with van der Waals surface area (Å²) in [5.41, 5.74) is 3.47. The Hall–Kier alpha value is -1.35. The third kappa shape index (κ3) is 2.88. The number of benzene rings is 2. The summed E-state index contributed by atoms with van der Waals surface area (Å²) in [4.78, 5) is 0. The lowest BCUT2D eigenvalue weighted by atomic mass is 10.0. The summed E-state index contributed by atoms with van der Waals surface area (Å²) in [6, 6.07) is 13.3. The fourth-order valence-electron chi connectivity index (χ4n) is 2.50. The Kier molecular flexibility index (Phi) is 3.79. The molecule has 2 aromatic carbocycles. The van der Waals surface area contributed by atoms with Crippen molar-refractivity contribution in [2.24, 2.45) is 5.92 Å². The quantitative estimate of drug-likeness (QED) is 0.783. The molecule has 1 aliphatic carbocycles. The van der Waals surface area contributed by atoms with Gasteiger partial charge in [-0.15, -0.1) is 0 Å². The number of hydrogen-bond acceptors (Lipinski definition) is 1. The van der Waals surface area contributed by atoms with Crippen LogP contribution in [0.3, 0.4) is 0 Å². The van der Waals surface area contributed by atoms with E-state index in [2.05, 4.69) is 46.4 Å². The molecule has 0 aliphatic heterocycles. The van der Waals surface area contributed by atoms with E-state index in [1.807, 2.05) is 12.1 Å². The molecule has 2 aromatic rings. The Labute approximate surface area is 127 Å². The first kappa shape index (κ1) is 13.6. The minimum absolute atomic E-state index is 0.181. The second-order valence-electron chi connectivity index (χ2n) is 5.45. The predicted octanol–water partition coefficient (Wildman–Crippen LogP) is 5.46. The summed E-state index contributed by atoms with van der Waals surface area (Å²) in [6.07, 6.45) is 2.47. The monoisotopic (exact) mass is 333 g/mol. The van der Waals surface area contributed by atoms with Crippen LogP contribution in [0.25, 0.3) is 0 Å². The highest BCUT2D eigenvalue weighted by Crippen LogP contribution is 2.43. The molecule has 1 saturated carbocycles. The molecular formula is C17H17BrFN. The first-order valence-corrected chi connectivity index (χ1v) is 7.71. The van der Waals surface area contributed by atoms with Gasteiger partial charge in [0.2, 0.25) is 0 Å². The van der Waals surface area contributed by atoms with Crippen molar-refractivity contribution < 1.29 is 4.39 Å². The highest BCUT2D eigenvalue weighted by Gasteiger charge is 2.32. The van der Waals surface area contributed by atoms with E-state index < -0.39 is 0 Å². The van der Waals surface area contributed by atoms with Gasteiger partial charge < -0.3 is 5.32 Å². The van der Waals surface area contributed by atoms with E-state index in [-0.39, 0.29) is 11.9 Å². The van der Waals surface area contributed by atoms with Crippen molar-refractivity contribution in [1.82, 2.24) is 0 Å². The number of rotatable bonds is 4. The van der Waals surface area contributed by atoms with Gasteiger partial charge in [0.1, 0.15) is 5.82 Å². The molecule has 0 spiro atoms. The Morgan fingerprint density at radius 3 is 2.50 bits per heavy atom. The van der Waals surface area contributed by atoms with E-state index in [0.717, 1.165) is 15.7 Å².